The minimum Gasteiger partial charge on any atom is -0.493 e. The Hall–Kier alpha value is -3.25. The molecule has 0 aliphatic carbocycles. The van der Waals surface area contributed by atoms with Gasteiger partial charge < -0.3 is 14.8 Å². The van der Waals surface area contributed by atoms with Crippen LogP contribution >= 0.6 is 0 Å². The molecule has 0 spiro atoms. The summed E-state index contributed by atoms with van der Waals surface area (Å²) >= 11 is 0. The molecule has 0 saturated heterocycles. The van der Waals surface area contributed by atoms with Crippen molar-refractivity contribution in [2.75, 3.05) is 36.6 Å². The maximum Gasteiger partial charge on any atom is 0.245 e. The fourth-order valence-corrected chi connectivity index (χ4v) is 3.20. The Morgan fingerprint density at radius 3 is 2.26 bits per heavy atom. The number of rotatable bonds is 7. The van der Waals surface area contributed by atoms with E-state index in [1.165, 1.54) is 38.5 Å². The second kappa shape index (κ2) is 8.42. The van der Waals surface area contributed by atoms with E-state index in [1.54, 1.807) is 18.2 Å². The molecular formula is C18H19N3O5S. The van der Waals surface area contributed by atoms with E-state index in [0.29, 0.717) is 28.4 Å². The van der Waals surface area contributed by atoms with Crippen molar-refractivity contribution in [3.63, 3.8) is 0 Å². The largest absolute Gasteiger partial charge is 0.493 e. The van der Waals surface area contributed by atoms with Crippen molar-refractivity contribution < 1.29 is 22.7 Å². The minimum absolute atomic E-state index is 0.291. The first-order valence-electron chi connectivity index (χ1n) is 7.78. The molecule has 142 valence electrons. The Bertz CT molecular complexity index is 965. The van der Waals surface area contributed by atoms with Gasteiger partial charge in [0.15, 0.2) is 11.5 Å². The van der Waals surface area contributed by atoms with Crippen molar-refractivity contribution in [3.05, 3.63) is 48.0 Å². The number of nitriles is 1. The molecule has 0 bridgehead atoms. The molecule has 9 heteroatoms. The van der Waals surface area contributed by atoms with Gasteiger partial charge in [0, 0.05) is 11.8 Å². The fourth-order valence-electron chi connectivity index (χ4n) is 2.35. The third kappa shape index (κ3) is 5.12. The predicted octanol–water partition coefficient (Wildman–Crippen LogP) is 1.98. The second-order valence-corrected chi connectivity index (χ2v) is 7.45. The zero-order chi connectivity index (χ0) is 20.0. The van der Waals surface area contributed by atoms with E-state index in [9.17, 15) is 13.2 Å². The molecule has 2 aromatic rings. The lowest BCUT2D eigenvalue weighted by Gasteiger charge is -2.22. The average Bonchev–Trinajstić information content (AvgIpc) is 2.65. The van der Waals surface area contributed by atoms with E-state index in [0.717, 1.165) is 10.6 Å². The Kier molecular flexibility index (Phi) is 6.26. The minimum atomic E-state index is -3.70. The molecule has 0 aliphatic heterocycles. The number of methoxy groups -OCH3 is 2. The number of nitrogens with one attached hydrogen (secondary N) is 1. The lowest BCUT2D eigenvalue weighted by atomic mass is 10.2. The van der Waals surface area contributed by atoms with E-state index in [2.05, 4.69) is 5.32 Å². The summed E-state index contributed by atoms with van der Waals surface area (Å²) in [7, 11) is -0.734. The van der Waals surface area contributed by atoms with Crippen molar-refractivity contribution in [2.24, 2.45) is 0 Å². The third-order valence-electron chi connectivity index (χ3n) is 3.64. The number of carbonyl (C=O) groups excluding carboxylic acids is 1. The van der Waals surface area contributed by atoms with Crippen LogP contribution in [0.1, 0.15) is 5.56 Å². The van der Waals surface area contributed by atoms with Crippen LogP contribution < -0.4 is 19.1 Å². The number of hydrogen-bond acceptors (Lipinski definition) is 6. The van der Waals surface area contributed by atoms with Gasteiger partial charge in [0.25, 0.3) is 0 Å². The molecule has 0 heterocycles. The molecule has 0 aliphatic rings. The maximum atomic E-state index is 12.4. The van der Waals surface area contributed by atoms with E-state index < -0.39 is 22.5 Å². The van der Waals surface area contributed by atoms with Crippen LogP contribution in [0.15, 0.2) is 42.5 Å². The molecule has 1 N–H and O–H groups in total. The normalized spacial score (nSPS) is 10.6. The summed E-state index contributed by atoms with van der Waals surface area (Å²) in [5, 5.41) is 11.5. The molecule has 8 nitrogen and oxygen atoms in total. The smallest absolute Gasteiger partial charge is 0.245 e. The summed E-state index contributed by atoms with van der Waals surface area (Å²) in [5.41, 5.74) is 1.12. The van der Waals surface area contributed by atoms with Crippen LogP contribution in [0.25, 0.3) is 0 Å². The number of carbonyl (C=O) groups is 1. The third-order valence-corrected chi connectivity index (χ3v) is 4.78. The summed E-state index contributed by atoms with van der Waals surface area (Å²) in [6.07, 6.45) is 1.01. The highest BCUT2D eigenvalue weighted by Crippen LogP contribution is 2.29. The first kappa shape index (κ1) is 20.1. The van der Waals surface area contributed by atoms with Crippen LogP contribution in [0.3, 0.4) is 0 Å². The summed E-state index contributed by atoms with van der Waals surface area (Å²) in [4.78, 5) is 12.4. The fraction of sp³-hybridized carbons (Fsp3) is 0.222. The standard InChI is InChI=1S/C18H19N3O5S/c1-25-16-9-6-14(10-17(16)26-2)20-18(22)12-21(27(3,23)24)15-7-4-13(11-19)5-8-15/h4-10H,12H2,1-3H3,(H,20,22). The van der Waals surface area contributed by atoms with E-state index in [4.69, 9.17) is 14.7 Å². The topological polar surface area (TPSA) is 109 Å². The second-order valence-electron chi connectivity index (χ2n) is 5.55. The lowest BCUT2D eigenvalue weighted by molar-refractivity contribution is -0.114. The van der Waals surface area contributed by atoms with Crippen molar-refractivity contribution in [1.29, 1.82) is 5.26 Å². The van der Waals surface area contributed by atoms with Crippen LogP contribution in [0.2, 0.25) is 0 Å². The molecule has 2 aromatic carbocycles. The number of nitrogens with zero attached hydrogens (tertiary/aromatic N) is 2. The molecule has 0 saturated carbocycles. The highest BCUT2D eigenvalue weighted by molar-refractivity contribution is 7.92. The zero-order valence-corrected chi connectivity index (χ0v) is 15.9. The van der Waals surface area contributed by atoms with Crippen LogP contribution in [-0.2, 0) is 14.8 Å². The van der Waals surface area contributed by atoms with Gasteiger partial charge in [-0.2, -0.15) is 5.26 Å². The number of sulfonamides is 1. The summed E-state index contributed by atoms with van der Waals surface area (Å²) in [5.74, 6) is 0.408. The SMILES string of the molecule is COc1ccc(NC(=O)CN(c2ccc(C#N)cc2)S(C)(=O)=O)cc1OC. The van der Waals surface area contributed by atoms with Gasteiger partial charge in [0.1, 0.15) is 6.54 Å². The molecule has 0 fully saturated rings. The number of benzene rings is 2. The predicted molar refractivity (Wildman–Crippen MR) is 102 cm³/mol. The van der Waals surface area contributed by atoms with E-state index in [-0.39, 0.29) is 0 Å². The van der Waals surface area contributed by atoms with Gasteiger partial charge in [-0.15, -0.1) is 0 Å². The van der Waals surface area contributed by atoms with E-state index in [1.807, 2.05) is 6.07 Å². The van der Waals surface area contributed by atoms with Gasteiger partial charge >= 0.3 is 0 Å². The molecular weight excluding hydrogens is 370 g/mol. The molecule has 0 aromatic heterocycles. The van der Waals surface area contributed by atoms with Gasteiger partial charge in [0.05, 0.1) is 37.8 Å². The molecule has 27 heavy (non-hydrogen) atoms. The first-order valence-corrected chi connectivity index (χ1v) is 9.63. The van der Waals surface area contributed by atoms with Crippen LogP contribution in [0.5, 0.6) is 11.5 Å². The highest BCUT2D eigenvalue weighted by Gasteiger charge is 2.21. The van der Waals surface area contributed by atoms with Crippen LogP contribution in [-0.4, -0.2) is 41.3 Å². The Labute approximate surface area is 158 Å². The van der Waals surface area contributed by atoms with Gasteiger partial charge in [-0.25, -0.2) is 8.42 Å². The summed E-state index contributed by atoms with van der Waals surface area (Å²) in [6.45, 7) is -0.418. The van der Waals surface area contributed by atoms with Crippen LogP contribution in [0, 0.1) is 11.3 Å². The zero-order valence-electron chi connectivity index (χ0n) is 15.1. The van der Waals surface area contributed by atoms with Crippen molar-refractivity contribution in [1.82, 2.24) is 0 Å². The van der Waals surface area contributed by atoms with Crippen LogP contribution in [0.4, 0.5) is 11.4 Å². The summed E-state index contributed by atoms with van der Waals surface area (Å²) in [6, 6.07) is 12.7. The van der Waals surface area contributed by atoms with E-state index >= 15 is 0 Å². The Morgan fingerprint density at radius 2 is 1.74 bits per heavy atom. The van der Waals surface area contributed by atoms with Gasteiger partial charge in [-0.1, -0.05) is 0 Å². The number of hydrogen-bond donors (Lipinski definition) is 1. The lowest BCUT2D eigenvalue weighted by Crippen LogP contribution is -2.37. The molecule has 0 unspecified atom stereocenters. The van der Waals surface area contributed by atoms with Gasteiger partial charge in [0.2, 0.25) is 15.9 Å². The average molecular weight is 389 g/mol. The number of anilines is 2. The number of amides is 1. The van der Waals surface area contributed by atoms with Gasteiger partial charge in [-0.3, -0.25) is 9.10 Å². The first-order chi connectivity index (χ1) is 12.8. The highest BCUT2D eigenvalue weighted by atomic mass is 32.2. The monoisotopic (exact) mass is 389 g/mol. The molecule has 1 amide bonds. The van der Waals surface area contributed by atoms with Crippen molar-refractivity contribution in [2.45, 2.75) is 0 Å². The van der Waals surface area contributed by atoms with Gasteiger partial charge in [-0.05, 0) is 36.4 Å². The maximum absolute atomic E-state index is 12.4. The van der Waals surface area contributed by atoms with Crippen molar-refractivity contribution in [3.8, 4) is 17.6 Å². The van der Waals surface area contributed by atoms with Crippen molar-refractivity contribution >= 4 is 27.3 Å². The molecule has 0 radical (unpaired) electrons. The molecule has 0 atom stereocenters. The number of ether oxygens (including phenoxy) is 2. The Balaban J connectivity index is 2.20. The quantitative estimate of drug-likeness (QED) is 0.776. The summed E-state index contributed by atoms with van der Waals surface area (Å²) < 4.78 is 35.5. The Morgan fingerprint density at radius 1 is 1.11 bits per heavy atom. The molecule has 2 rings (SSSR count).